The Labute approximate surface area is 153 Å². The quantitative estimate of drug-likeness (QED) is 0.444. The molecule has 0 fully saturated rings. The molecule has 0 amide bonds. The van der Waals surface area contributed by atoms with E-state index in [-0.39, 0.29) is 12.4 Å². The highest BCUT2D eigenvalue weighted by molar-refractivity contribution is 6.32. The number of rotatable bonds is 6. The lowest BCUT2D eigenvalue weighted by molar-refractivity contribution is 0.273. The zero-order valence-corrected chi connectivity index (χ0v) is 14.7. The topological polar surface area (TPSA) is 68.9 Å². The largest absolute Gasteiger partial charge is 0.489 e. The molecule has 0 aliphatic carbocycles. The molecule has 134 valence electrons. The normalized spacial score (nSPS) is 10.9. The monoisotopic (exact) mass is 375 g/mol. The third kappa shape index (κ3) is 3.60. The molecule has 0 bridgehead atoms. The minimum Gasteiger partial charge on any atom is -0.489 e. The van der Waals surface area contributed by atoms with Crippen LogP contribution in [0.2, 0.25) is 5.02 Å². The van der Waals surface area contributed by atoms with Crippen molar-refractivity contribution in [1.29, 1.82) is 0 Å². The third-order valence-electron chi connectivity index (χ3n) is 4.07. The minimum absolute atomic E-state index is 0.131. The van der Waals surface area contributed by atoms with Crippen molar-refractivity contribution in [2.24, 2.45) is 5.18 Å². The predicted octanol–water partition coefficient (Wildman–Crippen LogP) is 5.09. The number of ether oxygens (including phenoxy) is 1. The second-order valence-corrected chi connectivity index (χ2v) is 6.15. The van der Waals surface area contributed by atoms with E-state index in [1.807, 2.05) is 0 Å². The van der Waals surface area contributed by atoms with Crippen molar-refractivity contribution >= 4 is 28.3 Å². The van der Waals surface area contributed by atoms with Gasteiger partial charge in [-0.2, -0.15) is 0 Å². The Balaban J connectivity index is 2.06. The van der Waals surface area contributed by atoms with Gasteiger partial charge in [0, 0.05) is 23.4 Å². The van der Waals surface area contributed by atoms with Gasteiger partial charge >= 0.3 is 5.63 Å². The first-order chi connectivity index (χ1) is 12.5. The molecule has 0 radical (unpaired) electrons. The summed E-state index contributed by atoms with van der Waals surface area (Å²) in [6, 6.07) is 9.84. The van der Waals surface area contributed by atoms with E-state index >= 15 is 0 Å². The van der Waals surface area contributed by atoms with Crippen LogP contribution in [0.1, 0.15) is 16.7 Å². The van der Waals surface area contributed by atoms with Gasteiger partial charge < -0.3 is 9.15 Å². The van der Waals surface area contributed by atoms with Gasteiger partial charge in [-0.05, 0) is 41.4 Å². The van der Waals surface area contributed by atoms with Crippen LogP contribution < -0.4 is 10.4 Å². The summed E-state index contributed by atoms with van der Waals surface area (Å²) in [5.41, 5.74) is 2.08. The number of benzene rings is 2. The van der Waals surface area contributed by atoms with E-state index in [0.717, 1.165) is 11.1 Å². The summed E-state index contributed by atoms with van der Waals surface area (Å²) < 4.78 is 22.9. The first kappa shape index (κ1) is 18.1. The Bertz CT molecular complexity index is 1030. The summed E-state index contributed by atoms with van der Waals surface area (Å²) in [6.07, 6.45) is 0.297. The molecule has 1 heterocycles. The maximum Gasteiger partial charge on any atom is 0.340 e. The summed E-state index contributed by atoms with van der Waals surface area (Å²) in [7, 11) is 0. The summed E-state index contributed by atoms with van der Waals surface area (Å²) in [4.78, 5) is 23.1. The van der Waals surface area contributed by atoms with E-state index in [1.165, 1.54) is 6.07 Å². The van der Waals surface area contributed by atoms with Gasteiger partial charge in [-0.15, -0.1) is 4.91 Å². The highest BCUT2D eigenvalue weighted by Crippen LogP contribution is 2.32. The van der Waals surface area contributed by atoms with E-state index in [9.17, 15) is 14.1 Å². The van der Waals surface area contributed by atoms with Crippen LogP contribution >= 0.6 is 11.6 Å². The first-order valence-electron chi connectivity index (χ1n) is 7.90. The lowest BCUT2D eigenvalue weighted by Crippen LogP contribution is -2.11. The SMILES string of the molecule is Cc1c(Cc2cccc(N=O)c2)c(=O)oc2cc(OCCF)c(Cl)cc12. The van der Waals surface area contributed by atoms with Crippen LogP contribution in [-0.4, -0.2) is 13.3 Å². The average molecular weight is 376 g/mol. The molecule has 0 aliphatic heterocycles. The van der Waals surface area contributed by atoms with Gasteiger partial charge in [0.25, 0.3) is 0 Å². The fourth-order valence-electron chi connectivity index (χ4n) is 2.78. The molecule has 0 atom stereocenters. The smallest absolute Gasteiger partial charge is 0.340 e. The van der Waals surface area contributed by atoms with Crippen LogP contribution in [-0.2, 0) is 6.42 Å². The molecule has 3 rings (SSSR count). The fourth-order valence-corrected chi connectivity index (χ4v) is 3.00. The van der Waals surface area contributed by atoms with Crippen LogP contribution in [0.15, 0.2) is 50.8 Å². The minimum atomic E-state index is -0.648. The van der Waals surface area contributed by atoms with E-state index in [1.54, 1.807) is 37.3 Å². The van der Waals surface area contributed by atoms with Gasteiger partial charge in [-0.25, -0.2) is 9.18 Å². The molecule has 2 aromatic carbocycles. The molecule has 0 saturated heterocycles. The summed E-state index contributed by atoms with van der Waals surface area (Å²) in [5, 5.41) is 3.88. The fraction of sp³-hybridized carbons (Fsp3) is 0.211. The molecule has 1 aromatic heterocycles. The molecule has 0 aliphatic rings. The number of hydrogen-bond donors (Lipinski definition) is 0. The zero-order valence-electron chi connectivity index (χ0n) is 13.9. The number of halogens is 2. The molecular formula is C19H15ClFNO4. The van der Waals surface area contributed by atoms with Crippen molar-refractivity contribution in [3.63, 3.8) is 0 Å². The van der Waals surface area contributed by atoms with Crippen LogP contribution in [0.3, 0.4) is 0 Å². The lowest BCUT2D eigenvalue weighted by atomic mass is 9.99. The van der Waals surface area contributed by atoms with Gasteiger partial charge in [-0.3, -0.25) is 0 Å². The molecule has 0 saturated carbocycles. The van der Waals surface area contributed by atoms with Crippen molar-refractivity contribution in [3.05, 3.63) is 73.4 Å². The molecule has 7 heteroatoms. The summed E-state index contributed by atoms with van der Waals surface area (Å²) >= 11 is 6.19. The van der Waals surface area contributed by atoms with E-state index in [2.05, 4.69) is 5.18 Å². The van der Waals surface area contributed by atoms with E-state index in [4.69, 9.17) is 20.8 Å². The van der Waals surface area contributed by atoms with Gasteiger partial charge in [-0.1, -0.05) is 23.7 Å². The number of nitroso groups, excluding NO2 is 1. The Hall–Kier alpha value is -2.73. The lowest BCUT2D eigenvalue weighted by Gasteiger charge is -2.11. The van der Waals surface area contributed by atoms with E-state index in [0.29, 0.717) is 33.7 Å². The summed E-state index contributed by atoms with van der Waals surface area (Å²) in [5.74, 6) is 0.261. The molecule has 5 nitrogen and oxygen atoms in total. The molecular weight excluding hydrogens is 361 g/mol. The molecule has 0 N–H and O–H groups in total. The van der Waals surface area contributed by atoms with Crippen molar-refractivity contribution < 1.29 is 13.5 Å². The number of aryl methyl sites for hydroxylation is 1. The second-order valence-electron chi connectivity index (χ2n) is 5.75. The maximum absolute atomic E-state index is 12.4. The predicted molar refractivity (Wildman–Crippen MR) is 98.4 cm³/mol. The van der Waals surface area contributed by atoms with Gasteiger partial charge in [0.05, 0.1) is 5.02 Å². The Kier molecular flexibility index (Phi) is 5.32. The van der Waals surface area contributed by atoms with Crippen molar-refractivity contribution in [1.82, 2.24) is 0 Å². The number of alkyl halides is 1. The van der Waals surface area contributed by atoms with Crippen LogP contribution in [0.5, 0.6) is 5.75 Å². The van der Waals surface area contributed by atoms with Crippen molar-refractivity contribution in [3.8, 4) is 5.75 Å². The molecule has 3 aromatic rings. The van der Waals surface area contributed by atoms with E-state index < -0.39 is 12.3 Å². The van der Waals surface area contributed by atoms with Crippen LogP contribution in [0.4, 0.5) is 10.1 Å². The van der Waals surface area contributed by atoms with Gasteiger partial charge in [0.2, 0.25) is 0 Å². The summed E-state index contributed by atoms with van der Waals surface area (Å²) in [6.45, 7) is 1.02. The van der Waals surface area contributed by atoms with Crippen molar-refractivity contribution in [2.75, 3.05) is 13.3 Å². The Morgan fingerprint density at radius 1 is 1.27 bits per heavy atom. The number of hydrogen-bond acceptors (Lipinski definition) is 5. The molecule has 26 heavy (non-hydrogen) atoms. The first-order valence-corrected chi connectivity index (χ1v) is 8.28. The number of fused-ring (bicyclic) bond motifs is 1. The maximum atomic E-state index is 12.4. The standard InChI is InChI=1S/C19H15ClFNO4/c1-11-14-9-16(20)18(25-6-5-21)10-17(14)26-19(23)15(11)8-12-3-2-4-13(7-12)22-24/h2-4,7,9-10H,5-6,8H2,1H3. The van der Waals surface area contributed by atoms with Gasteiger partial charge in [0.15, 0.2) is 0 Å². The van der Waals surface area contributed by atoms with Gasteiger partial charge in [0.1, 0.15) is 30.3 Å². The Morgan fingerprint density at radius 2 is 2.08 bits per heavy atom. The highest BCUT2D eigenvalue weighted by atomic mass is 35.5. The van der Waals surface area contributed by atoms with Crippen LogP contribution in [0.25, 0.3) is 11.0 Å². The highest BCUT2D eigenvalue weighted by Gasteiger charge is 2.15. The zero-order chi connectivity index (χ0) is 18.7. The number of nitrogens with zero attached hydrogens (tertiary/aromatic N) is 1. The van der Waals surface area contributed by atoms with Crippen LogP contribution in [0, 0.1) is 11.8 Å². The average Bonchev–Trinajstić information content (AvgIpc) is 2.64. The van der Waals surface area contributed by atoms with Crippen molar-refractivity contribution in [2.45, 2.75) is 13.3 Å². The second kappa shape index (κ2) is 7.66. The molecule has 0 unspecified atom stereocenters. The third-order valence-corrected chi connectivity index (χ3v) is 4.37. The Morgan fingerprint density at radius 3 is 2.81 bits per heavy atom. The molecule has 0 spiro atoms.